The fourth-order valence-corrected chi connectivity index (χ4v) is 1.96. The molecule has 1 atom stereocenters. The molecule has 3 N–H and O–H groups in total. The minimum absolute atomic E-state index is 0.0479. The smallest absolute Gasteiger partial charge is 0.263 e. The van der Waals surface area contributed by atoms with E-state index in [-0.39, 0.29) is 17.8 Å². The first-order valence-corrected chi connectivity index (χ1v) is 5.71. The van der Waals surface area contributed by atoms with Gasteiger partial charge in [-0.25, -0.2) is 0 Å². The van der Waals surface area contributed by atoms with Crippen LogP contribution in [0, 0.1) is 0 Å². The molecule has 5 nitrogen and oxygen atoms in total. The molecule has 1 rings (SSSR count). The van der Waals surface area contributed by atoms with Gasteiger partial charge in [-0.3, -0.25) is 4.79 Å². The van der Waals surface area contributed by atoms with Gasteiger partial charge in [-0.1, -0.05) is 11.2 Å². The summed E-state index contributed by atoms with van der Waals surface area (Å²) in [7, 11) is 1.71. The van der Waals surface area contributed by atoms with E-state index < -0.39 is 0 Å². The van der Waals surface area contributed by atoms with E-state index in [0.29, 0.717) is 11.3 Å². The highest BCUT2D eigenvalue weighted by Gasteiger charge is 2.18. The highest BCUT2D eigenvalue weighted by atomic mass is 32.1. The molecule has 1 aromatic rings. The van der Waals surface area contributed by atoms with Crippen molar-refractivity contribution in [2.75, 3.05) is 7.05 Å². The zero-order valence-electron chi connectivity index (χ0n) is 9.25. The number of thiophene rings is 1. The number of carbonyl (C=O) groups is 1. The molecule has 0 saturated heterocycles. The Morgan fingerprint density at radius 2 is 2.44 bits per heavy atom. The molecule has 1 heterocycles. The summed E-state index contributed by atoms with van der Waals surface area (Å²) in [4.78, 5) is 14.2. The third kappa shape index (κ3) is 2.96. The lowest BCUT2D eigenvalue weighted by Gasteiger charge is -2.23. The molecule has 0 aliphatic heterocycles. The van der Waals surface area contributed by atoms with Gasteiger partial charge in [-0.2, -0.15) is 0 Å². The van der Waals surface area contributed by atoms with Crippen LogP contribution < -0.4 is 5.73 Å². The predicted molar refractivity (Wildman–Crippen MR) is 63.9 cm³/mol. The van der Waals surface area contributed by atoms with Crippen LogP contribution >= 0.6 is 11.3 Å². The van der Waals surface area contributed by atoms with E-state index in [1.54, 1.807) is 18.0 Å². The van der Waals surface area contributed by atoms with E-state index in [4.69, 9.17) is 10.9 Å². The number of amides is 1. The summed E-state index contributed by atoms with van der Waals surface area (Å²) in [5.74, 6) is 0.0755. The third-order valence-corrected chi connectivity index (χ3v) is 3.20. The molecule has 1 unspecified atom stereocenters. The second-order valence-electron chi connectivity index (χ2n) is 3.54. The largest absolute Gasteiger partial charge is 0.409 e. The number of amidine groups is 1. The fraction of sp³-hybridized carbons (Fsp3) is 0.400. The summed E-state index contributed by atoms with van der Waals surface area (Å²) in [5.41, 5.74) is 5.40. The van der Waals surface area contributed by atoms with Gasteiger partial charge in [0.05, 0.1) is 4.88 Å². The van der Waals surface area contributed by atoms with E-state index in [2.05, 4.69) is 5.16 Å². The zero-order chi connectivity index (χ0) is 12.1. The van der Waals surface area contributed by atoms with Gasteiger partial charge in [0.1, 0.15) is 5.84 Å². The van der Waals surface area contributed by atoms with Gasteiger partial charge >= 0.3 is 0 Å². The molecule has 88 valence electrons. The van der Waals surface area contributed by atoms with Gasteiger partial charge in [-0.15, -0.1) is 11.3 Å². The zero-order valence-corrected chi connectivity index (χ0v) is 10.1. The standard InChI is InChI=1S/C10H15N3O2S/c1-7(6-9(11)12-15)13(2)10(14)8-4-3-5-16-8/h3-5,7,15H,6H2,1-2H3,(H2,11,12). The van der Waals surface area contributed by atoms with Crippen molar-refractivity contribution < 1.29 is 10.0 Å². The average Bonchev–Trinajstić information content (AvgIpc) is 2.80. The Kier molecular flexibility index (Phi) is 4.30. The number of hydrogen-bond acceptors (Lipinski definition) is 4. The Labute approximate surface area is 98.2 Å². The molecule has 0 saturated carbocycles. The molecule has 0 aliphatic carbocycles. The lowest BCUT2D eigenvalue weighted by atomic mass is 10.2. The van der Waals surface area contributed by atoms with Gasteiger partial charge in [0.25, 0.3) is 5.91 Å². The molecule has 16 heavy (non-hydrogen) atoms. The molecular formula is C10H15N3O2S. The van der Waals surface area contributed by atoms with Gasteiger partial charge in [0.2, 0.25) is 0 Å². The van der Waals surface area contributed by atoms with Crippen LogP contribution in [0.15, 0.2) is 22.7 Å². The summed E-state index contributed by atoms with van der Waals surface area (Å²) in [6, 6.07) is 3.50. The van der Waals surface area contributed by atoms with Crippen LogP contribution in [-0.2, 0) is 0 Å². The van der Waals surface area contributed by atoms with Crippen molar-refractivity contribution in [2.24, 2.45) is 10.9 Å². The molecule has 6 heteroatoms. The summed E-state index contributed by atoms with van der Waals surface area (Å²) in [5, 5.41) is 13.2. The topological polar surface area (TPSA) is 78.9 Å². The van der Waals surface area contributed by atoms with Gasteiger partial charge in [0, 0.05) is 19.5 Å². The molecule has 1 aromatic heterocycles. The van der Waals surface area contributed by atoms with Gasteiger partial charge < -0.3 is 15.8 Å². The van der Waals surface area contributed by atoms with Crippen molar-refractivity contribution in [1.82, 2.24) is 4.90 Å². The van der Waals surface area contributed by atoms with Crippen molar-refractivity contribution in [1.29, 1.82) is 0 Å². The summed E-state index contributed by atoms with van der Waals surface area (Å²) in [6.45, 7) is 1.85. The molecule has 0 spiro atoms. The third-order valence-electron chi connectivity index (χ3n) is 2.35. The van der Waals surface area contributed by atoms with Crippen LogP contribution in [0.2, 0.25) is 0 Å². The number of nitrogens with zero attached hydrogens (tertiary/aromatic N) is 2. The molecule has 1 amide bonds. The maximum Gasteiger partial charge on any atom is 0.263 e. The maximum atomic E-state index is 11.9. The average molecular weight is 241 g/mol. The SMILES string of the molecule is CC(CC(N)=NO)N(C)C(=O)c1cccs1. The monoisotopic (exact) mass is 241 g/mol. The lowest BCUT2D eigenvalue weighted by molar-refractivity contribution is 0.0752. The Hall–Kier alpha value is -1.56. The van der Waals surface area contributed by atoms with Crippen molar-refractivity contribution in [2.45, 2.75) is 19.4 Å². The molecule has 0 aromatic carbocycles. The number of hydrogen-bond donors (Lipinski definition) is 2. The van der Waals surface area contributed by atoms with Gasteiger partial charge in [0.15, 0.2) is 0 Å². The van der Waals surface area contributed by atoms with Crippen molar-refractivity contribution >= 4 is 23.1 Å². The maximum absolute atomic E-state index is 11.9. The summed E-state index contributed by atoms with van der Waals surface area (Å²) >= 11 is 1.40. The van der Waals surface area contributed by atoms with Crippen molar-refractivity contribution in [3.05, 3.63) is 22.4 Å². The normalized spacial score (nSPS) is 13.5. The van der Waals surface area contributed by atoms with E-state index >= 15 is 0 Å². The van der Waals surface area contributed by atoms with E-state index in [1.165, 1.54) is 11.3 Å². The second-order valence-corrected chi connectivity index (χ2v) is 4.49. The van der Waals surface area contributed by atoms with Gasteiger partial charge in [-0.05, 0) is 18.4 Å². The number of rotatable bonds is 4. The molecule has 0 bridgehead atoms. The molecular weight excluding hydrogens is 226 g/mol. The Morgan fingerprint density at radius 1 is 1.75 bits per heavy atom. The Morgan fingerprint density at radius 3 is 2.94 bits per heavy atom. The molecule has 0 aliphatic rings. The highest BCUT2D eigenvalue weighted by molar-refractivity contribution is 7.12. The summed E-state index contributed by atoms with van der Waals surface area (Å²) in [6.07, 6.45) is 0.351. The number of nitrogens with two attached hydrogens (primary N) is 1. The number of oxime groups is 1. The van der Waals surface area contributed by atoms with Crippen LogP contribution in [0.1, 0.15) is 23.0 Å². The predicted octanol–water partition coefficient (Wildman–Crippen LogP) is 1.35. The molecule has 0 fully saturated rings. The summed E-state index contributed by atoms with van der Waals surface area (Å²) < 4.78 is 0. The minimum atomic E-state index is -0.106. The first kappa shape index (κ1) is 12.5. The van der Waals surface area contributed by atoms with E-state index in [0.717, 1.165) is 0 Å². The van der Waals surface area contributed by atoms with Crippen LogP contribution in [0.4, 0.5) is 0 Å². The first-order valence-electron chi connectivity index (χ1n) is 4.83. The second kappa shape index (κ2) is 5.50. The fourth-order valence-electron chi connectivity index (χ4n) is 1.25. The molecule has 0 radical (unpaired) electrons. The Bertz CT molecular complexity index is 375. The van der Waals surface area contributed by atoms with E-state index in [1.807, 2.05) is 18.4 Å². The quantitative estimate of drug-likeness (QED) is 0.361. The van der Waals surface area contributed by atoms with Crippen LogP contribution in [0.25, 0.3) is 0 Å². The van der Waals surface area contributed by atoms with Crippen LogP contribution in [0.5, 0.6) is 0 Å². The lowest BCUT2D eigenvalue weighted by Crippen LogP contribution is -2.37. The van der Waals surface area contributed by atoms with E-state index in [9.17, 15) is 4.79 Å². The van der Waals surface area contributed by atoms with Crippen LogP contribution in [-0.4, -0.2) is 34.9 Å². The first-order chi connectivity index (χ1) is 7.56. The van der Waals surface area contributed by atoms with Crippen molar-refractivity contribution in [3.63, 3.8) is 0 Å². The number of carbonyl (C=O) groups excluding carboxylic acids is 1. The van der Waals surface area contributed by atoms with Crippen molar-refractivity contribution in [3.8, 4) is 0 Å². The van der Waals surface area contributed by atoms with Crippen LogP contribution in [0.3, 0.4) is 0 Å². The minimum Gasteiger partial charge on any atom is -0.409 e. The highest BCUT2D eigenvalue weighted by Crippen LogP contribution is 2.13. The Balaban J connectivity index is 2.64.